The highest BCUT2D eigenvalue weighted by Gasteiger charge is 2.20. The van der Waals surface area contributed by atoms with Gasteiger partial charge in [-0.1, -0.05) is 24.7 Å². The molecular formula is C15H16ClFO. The molecule has 0 N–H and O–H groups in total. The number of hydrogen-bond donors (Lipinski definition) is 0. The maximum Gasteiger partial charge on any atom is 0.142 e. The van der Waals surface area contributed by atoms with Gasteiger partial charge in [-0.3, -0.25) is 0 Å². The molecule has 0 bridgehead atoms. The minimum atomic E-state index is -0.332. The summed E-state index contributed by atoms with van der Waals surface area (Å²) in [7, 11) is 0. The van der Waals surface area contributed by atoms with Gasteiger partial charge in [0.1, 0.15) is 11.6 Å². The fourth-order valence-electron chi connectivity index (χ4n) is 1.64. The molecule has 1 fully saturated rings. The molecule has 0 spiro atoms. The first kappa shape index (κ1) is 13.2. The van der Waals surface area contributed by atoms with Gasteiger partial charge in [-0.2, -0.15) is 0 Å². The maximum absolute atomic E-state index is 13.7. The van der Waals surface area contributed by atoms with E-state index in [1.807, 2.05) is 0 Å². The van der Waals surface area contributed by atoms with Gasteiger partial charge in [-0.05, 0) is 24.5 Å². The molecule has 1 aliphatic carbocycles. The number of ether oxygens (including phenoxy) is 1. The summed E-state index contributed by atoms with van der Waals surface area (Å²) in [6.07, 6.45) is 4.26. The third-order valence-corrected chi connectivity index (χ3v) is 3.06. The third kappa shape index (κ3) is 4.23. The van der Waals surface area contributed by atoms with Crippen LogP contribution < -0.4 is 4.74 Å². The minimum absolute atomic E-state index is 0.332. The van der Waals surface area contributed by atoms with Crippen molar-refractivity contribution >= 4 is 11.6 Å². The topological polar surface area (TPSA) is 9.23 Å². The van der Waals surface area contributed by atoms with Crippen molar-refractivity contribution in [1.29, 1.82) is 0 Å². The van der Waals surface area contributed by atoms with Gasteiger partial charge in [-0.25, -0.2) is 4.39 Å². The van der Waals surface area contributed by atoms with Crippen molar-refractivity contribution in [3.63, 3.8) is 0 Å². The molecule has 96 valence electrons. The van der Waals surface area contributed by atoms with E-state index in [0.717, 1.165) is 12.3 Å². The second-order valence-corrected chi connectivity index (χ2v) is 4.84. The second kappa shape index (κ2) is 6.66. The van der Waals surface area contributed by atoms with Crippen LogP contribution in [-0.2, 0) is 0 Å². The monoisotopic (exact) mass is 266 g/mol. The average Bonchev–Trinajstić information content (AvgIpc) is 3.16. The lowest BCUT2D eigenvalue weighted by molar-refractivity contribution is 0.301. The highest BCUT2D eigenvalue weighted by molar-refractivity contribution is 6.18. The molecule has 0 saturated heterocycles. The quantitative estimate of drug-likeness (QED) is 0.578. The van der Waals surface area contributed by atoms with E-state index in [0.29, 0.717) is 30.2 Å². The zero-order chi connectivity index (χ0) is 12.8. The Balaban J connectivity index is 1.89. The van der Waals surface area contributed by atoms with Crippen LogP contribution in [0, 0.1) is 23.6 Å². The molecule has 2 rings (SSSR count). The predicted molar refractivity (Wildman–Crippen MR) is 71.5 cm³/mol. The SMILES string of the molecule is Fc1cc(OCCC2CC2)ccc1C#CCCCl. The Kier molecular flexibility index (Phi) is 4.90. The van der Waals surface area contributed by atoms with Gasteiger partial charge in [0.2, 0.25) is 0 Å². The molecule has 18 heavy (non-hydrogen) atoms. The Morgan fingerprint density at radius 3 is 2.89 bits per heavy atom. The molecular weight excluding hydrogens is 251 g/mol. The maximum atomic E-state index is 13.7. The van der Waals surface area contributed by atoms with Crippen LogP contribution in [0.5, 0.6) is 5.75 Å². The molecule has 1 aromatic rings. The van der Waals surface area contributed by atoms with Crippen LogP contribution in [-0.4, -0.2) is 12.5 Å². The lowest BCUT2D eigenvalue weighted by Crippen LogP contribution is -1.98. The van der Waals surface area contributed by atoms with E-state index < -0.39 is 0 Å². The molecule has 0 heterocycles. The lowest BCUT2D eigenvalue weighted by atomic mass is 10.2. The van der Waals surface area contributed by atoms with Gasteiger partial charge in [-0.15, -0.1) is 11.6 Å². The largest absolute Gasteiger partial charge is 0.493 e. The molecule has 3 heteroatoms. The van der Waals surface area contributed by atoms with Gasteiger partial charge in [0, 0.05) is 18.4 Å². The summed E-state index contributed by atoms with van der Waals surface area (Å²) in [5, 5.41) is 0. The number of hydrogen-bond acceptors (Lipinski definition) is 1. The molecule has 1 aromatic carbocycles. The zero-order valence-electron chi connectivity index (χ0n) is 10.2. The van der Waals surface area contributed by atoms with E-state index in [2.05, 4.69) is 11.8 Å². The van der Waals surface area contributed by atoms with Crippen molar-refractivity contribution in [3.8, 4) is 17.6 Å². The van der Waals surface area contributed by atoms with Crippen LogP contribution in [0.3, 0.4) is 0 Å². The van der Waals surface area contributed by atoms with E-state index in [1.54, 1.807) is 12.1 Å². The summed E-state index contributed by atoms with van der Waals surface area (Å²) in [5.41, 5.74) is 0.398. The fourth-order valence-corrected chi connectivity index (χ4v) is 1.74. The molecule has 0 unspecified atom stereocenters. The van der Waals surface area contributed by atoms with Crippen molar-refractivity contribution in [2.75, 3.05) is 12.5 Å². The summed E-state index contributed by atoms with van der Waals surface area (Å²) >= 11 is 5.50. The molecule has 0 aromatic heterocycles. The predicted octanol–water partition coefficient (Wildman–Crippen LogP) is 3.99. The van der Waals surface area contributed by atoms with Gasteiger partial charge in [0.15, 0.2) is 0 Å². The summed E-state index contributed by atoms with van der Waals surface area (Å²) < 4.78 is 19.2. The standard InChI is InChI=1S/C15H16ClFO/c16-9-2-1-3-13-6-7-14(11-15(13)17)18-10-8-12-4-5-12/h6-7,11-12H,2,4-5,8-10H2. The van der Waals surface area contributed by atoms with Crippen molar-refractivity contribution in [2.45, 2.75) is 25.7 Å². The summed E-state index contributed by atoms with van der Waals surface area (Å²) in [5.74, 6) is 7.12. The Bertz CT molecular complexity index is 457. The highest BCUT2D eigenvalue weighted by Crippen LogP contribution is 2.32. The Hall–Kier alpha value is -1.20. The van der Waals surface area contributed by atoms with Gasteiger partial charge < -0.3 is 4.74 Å². The molecule has 0 radical (unpaired) electrons. The minimum Gasteiger partial charge on any atom is -0.493 e. The molecule has 1 aliphatic rings. The number of benzene rings is 1. The first-order chi connectivity index (χ1) is 8.79. The average molecular weight is 267 g/mol. The van der Waals surface area contributed by atoms with E-state index >= 15 is 0 Å². The third-order valence-electron chi connectivity index (χ3n) is 2.87. The Morgan fingerprint density at radius 2 is 2.22 bits per heavy atom. The van der Waals surface area contributed by atoms with E-state index in [-0.39, 0.29) is 5.82 Å². The molecule has 0 aliphatic heterocycles. The van der Waals surface area contributed by atoms with Gasteiger partial charge in [0.25, 0.3) is 0 Å². The van der Waals surface area contributed by atoms with Crippen LogP contribution in [0.2, 0.25) is 0 Å². The van der Waals surface area contributed by atoms with Crippen LogP contribution in [0.4, 0.5) is 4.39 Å². The van der Waals surface area contributed by atoms with Gasteiger partial charge >= 0.3 is 0 Å². The first-order valence-electron chi connectivity index (χ1n) is 6.27. The van der Waals surface area contributed by atoms with Crippen molar-refractivity contribution < 1.29 is 9.13 Å². The lowest BCUT2D eigenvalue weighted by Gasteiger charge is -2.06. The van der Waals surface area contributed by atoms with Crippen molar-refractivity contribution in [2.24, 2.45) is 5.92 Å². The molecule has 0 atom stereocenters. The first-order valence-corrected chi connectivity index (χ1v) is 6.80. The molecule has 1 nitrogen and oxygen atoms in total. The van der Waals surface area contributed by atoms with Crippen LogP contribution in [0.15, 0.2) is 18.2 Å². The van der Waals surface area contributed by atoms with Crippen LogP contribution >= 0.6 is 11.6 Å². The highest BCUT2D eigenvalue weighted by atomic mass is 35.5. The zero-order valence-corrected chi connectivity index (χ0v) is 11.0. The smallest absolute Gasteiger partial charge is 0.142 e. The van der Waals surface area contributed by atoms with Crippen molar-refractivity contribution in [3.05, 3.63) is 29.6 Å². The number of halogens is 2. The van der Waals surface area contributed by atoms with E-state index in [4.69, 9.17) is 16.3 Å². The summed E-state index contributed by atoms with van der Waals surface area (Å²) in [4.78, 5) is 0. The second-order valence-electron chi connectivity index (χ2n) is 4.46. The van der Waals surface area contributed by atoms with Crippen LogP contribution in [0.1, 0.15) is 31.2 Å². The van der Waals surface area contributed by atoms with Gasteiger partial charge in [0.05, 0.1) is 12.2 Å². The summed E-state index contributed by atoms with van der Waals surface area (Å²) in [6, 6.07) is 4.82. The molecule has 0 amide bonds. The van der Waals surface area contributed by atoms with Crippen molar-refractivity contribution in [1.82, 2.24) is 0 Å². The number of alkyl halides is 1. The normalized spacial score (nSPS) is 13.9. The van der Waals surface area contributed by atoms with Crippen LogP contribution in [0.25, 0.3) is 0 Å². The van der Waals surface area contributed by atoms with E-state index in [9.17, 15) is 4.39 Å². The Labute approximate surface area is 112 Å². The molecule has 1 saturated carbocycles. The van der Waals surface area contributed by atoms with E-state index in [1.165, 1.54) is 18.9 Å². The fraction of sp³-hybridized carbons (Fsp3) is 0.467. The Morgan fingerprint density at radius 1 is 1.39 bits per heavy atom. The summed E-state index contributed by atoms with van der Waals surface area (Å²) in [6.45, 7) is 0.668. The number of rotatable bonds is 5.